The summed E-state index contributed by atoms with van der Waals surface area (Å²) >= 11 is 0. The Morgan fingerprint density at radius 1 is 1.10 bits per heavy atom. The van der Waals surface area contributed by atoms with E-state index in [2.05, 4.69) is 20.6 Å². The van der Waals surface area contributed by atoms with E-state index in [1.54, 1.807) is 18.2 Å². The number of hydrogen-bond acceptors (Lipinski definition) is 7. The van der Waals surface area contributed by atoms with Gasteiger partial charge in [0, 0.05) is 18.5 Å². The van der Waals surface area contributed by atoms with Crippen LogP contribution < -0.4 is 21.1 Å². The molecule has 5 N–H and O–H groups in total. The Morgan fingerprint density at radius 2 is 1.83 bits per heavy atom. The summed E-state index contributed by atoms with van der Waals surface area (Å²) in [6, 6.07) is 11.0. The maximum Gasteiger partial charge on any atom is 0.382 e. The second-order valence-electron chi connectivity index (χ2n) is 6.13. The van der Waals surface area contributed by atoms with Crippen LogP contribution >= 0.6 is 0 Å². The number of pyridine rings is 2. The second-order valence-corrected chi connectivity index (χ2v) is 6.13. The number of ether oxygens (including phenoxy) is 1. The Morgan fingerprint density at radius 3 is 2.47 bits per heavy atom. The zero-order chi connectivity index (χ0) is 21.7. The molecule has 8 nitrogen and oxygen atoms in total. The summed E-state index contributed by atoms with van der Waals surface area (Å²) in [5.41, 5.74) is 5.94. The van der Waals surface area contributed by atoms with Crippen LogP contribution in [0.15, 0.2) is 54.9 Å². The Labute approximate surface area is 170 Å². The molecule has 1 aromatic carbocycles. The Balaban J connectivity index is 1.89. The lowest BCUT2D eigenvalue weighted by molar-refractivity contribution is -0.208. The number of nitrogens with zero attached hydrogens (tertiary/aromatic N) is 2. The van der Waals surface area contributed by atoms with Crippen molar-refractivity contribution in [1.82, 2.24) is 9.97 Å². The number of amides is 1. The number of halogens is 2. The van der Waals surface area contributed by atoms with E-state index >= 15 is 0 Å². The predicted molar refractivity (Wildman–Crippen MR) is 107 cm³/mol. The van der Waals surface area contributed by atoms with Gasteiger partial charge in [0.2, 0.25) is 0 Å². The third-order valence-corrected chi connectivity index (χ3v) is 3.99. The average Bonchev–Trinajstić information content (AvgIpc) is 2.69. The summed E-state index contributed by atoms with van der Waals surface area (Å²) in [4.78, 5) is 19.7. The minimum Gasteiger partial charge on any atom is -0.492 e. The lowest BCUT2D eigenvalue weighted by atomic mass is 10.2. The fraction of sp³-hybridized carbons (Fsp3) is 0.150. The van der Waals surface area contributed by atoms with Crippen molar-refractivity contribution in [1.29, 1.82) is 0 Å². The number of nitrogens with one attached hydrogen (secondary N) is 2. The normalized spacial score (nSPS) is 11.1. The number of primary amides is 1. The van der Waals surface area contributed by atoms with Gasteiger partial charge in [-0.15, -0.1) is 0 Å². The van der Waals surface area contributed by atoms with Crippen LogP contribution in [0.1, 0.15) is 22.8 Å². The average molecular weight is 415 g/mol. The van der Waals surface area contributed by atoms with Crippen molar-refractivity contribution in [3.05, 3.63) is 66.0 Å². The van der Waals surface area contributed by atoms with Gasteiger partial charge in [-0.05, 0) is 31.2 Å². The SMILES string of the molecule is CCOc1ccccc1Nc1cc(Nc2ccc(C(O)(F)F)cn2)ncc1C(N)=O. The zero-order valence-corrected chi connectivity index (χ0v) is 15.9. The summed E-state index contributed by atoms with van der Waals surface area (Å²) in [6.07, 6.45) is -1.85. The van der Waals surface area contributed by atoms with Crippen LogP contribution in [-0.4, -0.2) is 27.6 Å². The summed E-state index contributed by atoms with van der Waals surface area (Å²) in [5, 5.41) is 14.7. The lowest BCUT2D eigenvalue weighted by Gasteiger charge is -2.15. The fourth-order valence-corrected chi connectivity index (χ4v) is 2.60. The van der Waals surface area contributed by atoms with E-state index in [-0.39, 0.29) is 17.2 Å². The molecule has 2 aromatic heterocycles. The van der Waals surface area contributed by atoms with Crippen LogP contribution in [0.3, 0.4) is 0 Å². The molecule has 0 radical (unpaired) electrons. The van der Waals surface area contributed by atoms with Crippen LogP contribution in [0.2, 0.25) is 0 Å². The highest BCUT2D eigenvalue weighted by Gasteiger charge is 2.27. The number of aromatic nitrogens is 2. The molecule has 1 amide bonds. The smallest absolute Gasteiger partial charge is 0.382 e. The number of alkyl halides is 2. The number of benzene rings is 1. The molecule has 0 unspecified atom stereocenters. The number of hydrogen-bond donors (Lipinski definition) is 4. The summed E-state index contributed by atoms with van der Waals surface area (Å²) in [7, 11) is 0. The molecule has 0 saturated carbocycles. The maximum absolute atomic E-state index is 12.9. The van der Waals surface area contributed by atoms with E-state index in [1.807, 2.05) is 13.0 Å². The van der Waals surface area contributed by atoms with Crippen LogP contribution in [0, 0.1) is 0 Å². The number of para-hydroxylation sites is 2. The second kappa shape index (κ2) is 8.70. The lowest BCUT2D eigenvalue weighted by Crippen LogP contribution is -2.14. The molecule has 3 rings (SSSR count). The summed E-state index contributed by atoms with van der Waals surface area (Å²) in [5.74, 6) is 0.400. The molecule has 0 aliphatic rings. The Hall–Kier alpha value is -3.79. The first kappa shape index (κ1) is 20.9. The molecule has 10 heteroatoms. The van der Waals surface area contributed by atoms with Crippen molar-refractivity contribution < 1.29 is 23.4 Å². The number of anilines is 4. The molecule has 30 heavy (non-hydrogen) atoms. The molecule has 0 bridgehead atoms. The minimum atomic E-state index is -3.97. The third-order valence-electron chi connectivity index (χ3n) is 3.99. The molecule has 0 fully saturated rings. The third kappa shape index (κ3) is 4.97. The van der Waals surface area contributed by atoms with Crippen molar-refractivity contribution in [3.8, 4) is 5.75 Å². The van der Waals surface area contributed by atoms with E-state index < -0.39 is 17.6 Å². The van der Waals surface area contributed by atoms with Gasteiger partial charge in [0.05, 0.1) is 29.1 Å². The van der Waals surface area contributed by atoms with Gasteiger partial charge < -0.3 is 26.2 Å². The van der Waals surface area contributed by atoms with Crippen molar-refractivity contribution in [2.45, 2.75) is 13.0 Å². The van der Waals surface area contributed by atoms with Crippen LogP contribution in [0.4, 0.5) is 31.8 Å². The molecule has 3 aromatic rings. The Kier molecular flexibility index (Phi) is 6.07. The van der Waals surface area contributed by atoms with E-state index in [0.717, 1.165) is 12.3 Å². The predicted octanol–water partition coefficient (Wildman–Crippen LogP) is 3.50. The molecular weight excluding hydrogens is 396 g/mol. The molecule has 0 saturated heterocycles. The standard InChI is InChI=1S/C20H19F2N5O3/c1-2-30-16-6-4-3-5-14(16)26-15-9-18(25-11-13(15)19(23)28)27-17-8-7-12(10-24-17)20(21,22)29/h3-11,29H,2H2,1H3,(H2,23,28)(H2,24,25,26,27). The van der Waals surface area contributed by atoms with E-state index in [1.165, 1.54) is 18.3 Å². The van der Waals surface area contributed by atoms with Gasteiger partial charge in [0.25, 0.3) is 5.91 Å². The largest absolute Gasteiger partial charge is 0.492 e. The monoisotopic (exact) mass is 415 g/mol. The number of carbonyl (C=O) groups is 1. The number of nitrogens with two attached hydrogens (primary N) is 1. The maximum atomic E-state index is 12.9. The molecule has 156 valence electrons. The Bertz CT molecular complexity index is 1040. The van der Waals surface area contributed by atoms with Gasteiger partial charge in [-0.2, -0.15) is 8.78 Å². The van der Waals surface area contributed by atoms with Gasteiger partial charge in [-0.1, -0.05) is 12.1 Å². The molecular formula is C20H19F2N5O3. The van der Waals surface area contributed by atoms with Crippen LogP contribution in [-0.2, 0) is 6.11 Å². The highest BCUT2D eigenvalue weighted by molar-refractivity contribution is 5.99. The van der Waals surface area contributed by atoms with Crippen molar-refractivity contribution >= 4 is 28.9 Å². The van der Waals surface area contributed by atoms with E-state index in [0.29, 0.717) is 23.7 Å². The van der Waals surface area contributed by atoms with Crippen LogP contribution in [0.25, 0.3) is 0 Å². The molecule has 0 aliphatic carbocycles. The first-order valence-corrected chi connectivity index (χ1v) is 8.90. The fourth-order valence-electron chi connectivity index (χ4n) is 2.60. The first-order valence-electron chi connectivity index (χ1n) is 8.90. The number of aliphatic hydroxyl groups is 1. The van der Waals surface area contributed by atoms with Gasteiger partial charge >= 0.3 is 6.11 Å². The van der Waals surface area contributed by atoms with Crippen molar-refractivity contribution in [2.75, 3.05) is 17.2 Å². The van der Waals surface area contributed by atoms with Gasteiger partial charge in [-0.3, -0.25) is 4.79 Å². The molecule has 0 aliphatic heterocycles. The number of carbonyl (C=O) groups excluding carboxylic acids is 1. The van der Waals surface area contributed by atoms with E-state index in [9.17, 15) is 13.6 Å². The molecule has 0 atom stereocenters. The molecule has 2 heterocycles. The van der Waals surface area contributed by atoms with Crippen molar-refractivity contribution in [3.63, 3.8) is 0 Å². The van der Waals surface area contributed by atoms with Gasteiger partial charge in [-0.25, -0.2) is 9.97 Å². The van der Waals surface area contributed by atoms with Gasteiger partial charge in [0.1, 0.15) is 17.4 Å². The highest BCUT2D eigenvalue weighted by atomic mass is 19.3. The van der Waals surface area contributed by atoms with Crippen molar-refractivity contribution in [2.24, 2.45) is 5.73 Å². The number of rotatable bonds is 8. The van der Waals surface area contributed by atoms with E-state index in [4.69, 9.17) is 15.6 Å². The summed E-state index contributed by atoms with van der Waals surface area (Å²) < 4.78 is 31.4. The van der Waals surface area contributed by atoms with Crippen LogP contribution in [0.5, 0.6) is 5.75 Å². The topological polar surface area (TPSA) is 122 Å². The quantitative estimate of drug-likeness (QED) is 0.444. The minimum absolute atomic E-state index is 0.148. The first-order chi connectivity index (χ1) is 14.3. The summed E-state index contributed by atoms with van der Waals surface area (Å²) in [6.45, 7) is 2.31. The highest BCUT2D eigenvalue weighted by Crippen LogP contribution is 2.30. The molecule has 0 spiro atoms. The zero-order valence-electron chi connectivity index (χ0n) is 15.9. The van der Waals surface area contributed by atoms with Gasteiger partial charge in [0.15, 0.2) is 0 Å².